The van der Waals surface area contributed by atoms with Gasteiger partial charge in [0.25, 0.3) is 0 Å². The van der Waals surface area contributed by atoms with Crippen LogP contribution < -0.4 is 5.32 Å². The summed E-state index contributed by atoms with van der Waals surface area (Å²) in [7, 11) is 0. The molecule has 0 radical (unpaired) electrons. The molecule has 1 aromatic rings. The fraction of sp³-hybridized carbons (Fsp3) is 0.680. The number of benzene rings is 1. The second kappa shape index (κ2) is 16.9. The van der Waals surface area contributed by atoms with Gasteiger partial charge in [0, 0.05) is 33.0 Å². The Morgan fingerprint density at radius 3 is 2.28 bits per heavy atom. The van der Waals surface area contributed by atoms with Crippen LogP contribution in [0.5, 0.6) is 0 Å². The number of esters is 1. The number of halogens is 1. The predicted molar refractivity (Wildman–Crippen MR) is 130 cm³/mol. The Hall–Kier alpha value is -1.63. The quantitative estimate of drug-likeness (QED) is 0.317. The van der Waals surface area contributed by atoms with Crippen molar-refractivity contribution in [1.29, 1.82) is 0 Å². The molecule has 6 nitrogen and oxygen atoms in total. The highest BCUT2D eigenvalue weighted by molar-refractivity contribution is 5.85. The molecule has 2 rings (SSSR count). The number of carbonyl (C=O) groups is 2. The zero-order valence-corrected chi connectivity index (χ0v) is 20.5. The first-order valence-corrected chi connectivity index (χ1v) is 11.9. The third-order valence-electron chi connectivity index (χ3n) is 5.70. The number of carbonyl (C=O) groups excluding carboxylic acids is 2. The van der Waals surface area contributed by atoms with Gasteiger partial charge in [0.1, 0.15) is 6.10 Å². The van der Waals surface area contributed by atoms with Gasteiger partial charge >= 0.3 is 5.97 Å². The van der Waals surface area contributed by atoms with Crippen LogP contribution in [0.2, 0.25) is 0 Å². The zero-order chi connectivity index (χ0) is 22.3. The van der Waals surface area contributed by atoms with Crippen LogP contribution in [0, 0.1) is 0 Å². The van der Waals surface area contributed by atoms with Crippen LogP contribution in [0.1, 0.15) is 76.9 Å². The number of ether oxygens (including phenoxy) is 2. The summed E-state index contributed by atoms with van der Waals surface area (Å²) in [5.41, 5.74) is 0.896. The number of amides is 1. The van der Waals surface area contributed by atoms with E-state index in [1.165, 1.54) is 39.0 Å². The molecule has 182 valence electrons. The summed E-state index contributed by atoms with van der Waals surface area (Å²) in [5.74, 6) is -0.318. The molecule has 2 atom stereocenters. The Morgan fingerprint density at radius 2 is 1.66 bits per heavy atom. The molecule has 1 aliphatic rings. The second-order valence-electron chi connectivity index (χ2n) is 8.40. The standard InChI is InChI=1S/C25H40N2O4.ClH/c1-3-4-5-6-7-8-12-15-24(29)26-23(20-27-16-18-30-19-17-27)25(31-21(2)28)22-13-10-9-11-14-22;/h9-11,13-14,23,25H,3-8,12,15-20H2,1-2H3,(H,26,29);1H/t23-,25-;/m0./s1. The van der Waals surface area contributed by atoms with Gasteiger partial charge in [-0.25, -0.2) is 0 Å². The molecule has 0 saturated carbocycles. The van der Waals surface area contributed by atoms with Crippen molar-refractivity contribution in [3.63, 3.8) is 0 Å². The van der Waals surface area contributed by atoms with E-state index in [9.17, 15) is 9.59 Å². The highest BCUT2D eigenvalue weighted by atomic mass is 35.5. The first kappa shape index (κ1) is 28.4. The highest BCUT2D eigenvalue weighted by Crippen LogP contribution is 2.23. The van der Waals surface area contributed by atoms with E-state index in [0.717, 1.165) is 31.5 Å². The molecule has 0 aromatic heterocycles. The molecule has 0 bridgehead atoms. The first-order chi connectivity index (χ1) is 15.1. The smallest absolute Gasteiger partial charge is 0.303 e. The summed E-state index contributed by atoms with van der Waals surface area (Å²) in [5, 5.41) is 3.18. The van der Waals surface area contributed by atoms with Crippen LogP contribution in [0.4, 0.5) is 0 Å². The first-order valence-electron chi connectivity index (χ1n) is 11.9. The average molecular weight is 469 g/mol. The summed E-state index contributed by atoms with van der Waals surface area (Å²) >= 11 is 0. The molecule has 1 aliphatic heterocycles. The molecule has 0 spiro atoms. The van der Waals surface area contributed by atoms with Crippen molar-refractivity contribution in [2.75, 3.05) is 32.8 Å². The summed E-state index contributed by atoms with van der Waals surface area (Å²) in [4.78, 5) is 26.9. The van der Waals surface area contributed by atoms with E-state index < -0.39 is 6.10 Å². The predicted octanol–water partition coefficient (Wildman–Crippen LogP) is 4.67. The van der Waals surface area contributed by atoms with E-state index >= 15 is 0 Å². The molecule has 1 saturated heterocycles. The Labute approximate surface area is 199 Å². The fourth-order valence-electron chi connectivity index (χ4n) is 4.00. The normalized spacial score (nSPS) is 15.9. The largest absolute Gasteiger partial charge is 0.455 e. The number of unbranched alkanes of at least 4 members (excludes halogenated alkanes) is 6. The summed E-state index contributed by atoms with van der Waals surface area (Å²) in [6, 6.07) is 9.38. The number of rotatable bonds is 14. The third-order valence-corrected chi connectivity index (χ3v) is 5.70. The minimum Gasteiger partial charge on any atom is -0.455 e. The Bertz CT molecular complexity index is 638. The summed E-state index contributed by atoms with van der Waals surface area (Å²) in [6.45, 7) is 7.25. The SMILES string of the molecule is CCCCCCCCCC(=O)N[C@@H](CN1CCOCC1)[C@@H](OC(C)=O)c1ccccc1.Cl. The zero-order valence-electron chi connectivity index (χ0n) is 19.7. The van der Waals surface area contributed by atoms with Crippen molar-refractivity contribution in [1.82, 2.24) is 10.2 Å². The molecule has 0 unspecified atom stereocenters. The van der Waals surface area contributed by atoms with Gasteiger partial charge in [0.05, 0.1) is 19.3 Å². The molecule has 0 aliphatic carbocycles. The maximum absolute atomic E-state index is 12.8. The van der Waals surface area contributed by atoms with E-state index in [-0.39, 0.29) is 30.3 Å². The number of hydrogen-bond acceptors (Lipinski definition) is 5. The van der Waals surface area contributed by atoms with Crippen molar-refractivity contribution in [2.24, 2.45) is 0 Å². The van der Waals surface area contributed by atoms with E-state index in [2.05, 4.69) is 17.1 Å². The van der Waals surface area contributed by atoms with Crippen molar-refractivity contribution in [2.45, 2.75) is 77.4 Å². The number of hydrogen-bond donors (Lipinski definition) is 1. The lowest BCUT2D eigenvalue weighted by Crippen LogP contribution is -2.50. The molecule has 1 aromatic carbocycles. The van der Waals surface area contributed by atoms with Crippen LogP contribution in [-0.4, -0.2) is 55.7 Å². The maximum atomic E-state index is 12.8. The molecular weight excluding hydrogens is 428 g/mol. The minimum absolute atomic E-state index is 0. The molecule has 1 fully saturated rings. The van der Waals surface area contributed by atoms with E-state index in [4.69, 9.17) is 9.47 Å². The van der Waals surface area contributed by atoms with Crippen molar-refractivity contribution < 1.29 is 19.1 Å². The van der Waals surface area contributed by atoms with Gasteiger partial charge in [-0.2, -0.15) is 0 Å². The van der Waals surface area contributed by atoms with Gasteiger partial charge in [0.2, 0.25) is 5.91 Å². The number of nitrogens with zero attached hydrogens (tertiary/aromatic N) is 1. The van der Waals surface area contributed by atoms with Gasteiger partial charge in [-0.1, -0.05) is 75.8 Å². The molecule has 32 heavy (non-hydrogen) atoms. The molecule has 7 heteroatoms. The number of morpholine rings is 1. The van der Waals surface area contributed by atoms with Crippen LogP contribution in [0.3, 0.4) is 0 Å². The maximum Gasteiger partial charge on any atom is 0.303 e. The second-order valence-corrected chi connectivity index (χ2v) is 8.40. The Balaban J connectivity index is 0.00000512. The molecule has 1 N–H and O–H groups in total. The summed E-state index contributed by atoms with van der Waals surface area (Å²) < 4.78 is 11.2. The minimum atomic E-state index is -0.514. The van der Waals surface area contributed by atoms with Crippen molar-refractivity contribution in [3.05, 3.63) is 35.9 Å². The van der Waals surface area contributed by atoms with E-state index in [1.807, 2.05) is 30.3 Å². The van der Waals surface area contributed by atoms with E-state index in [1.54, 1.807) is 0 Å². The lowest BCUT2D eigenvalue weighted by Gasteiger charge is -2.34. The lowest BCUT2D eigenvalue weighted by atomic mass is 10.0. The Kier molecular flexibility index (Phi) is 15.0. The lowest BCUT2D eigenvalue weighted by molar-refractivity contribution is -0.150. The molecule has 1 heterocycles. The van der Waals surface area contributed by atoms with Crippen LogP contribution in [0.15, 0.2) is 30.3 Å². The van der Waals surface area contributed by atoms with Gasteiger partial charge < -0.3 is 14.8 Å². The van der Waals surface area contributed by atoms with Gasteiger partial charge in [-0.05, 0) is 12.0 Å². The summed E-state index contributed by atoms with van der Waals surface area (Å²) in [6.07, 6.45) is 8.23. The van der Waals surface area contributed by atoms with E-state index in [0.29, 0.717) is 26.2 Å². The topological polar surface area (TPSA) is 67.9 Å². The average Bonchev–Trinajstić information content (AvgIpc) is 2.77. The van der Waals surface area contributed by atoms with Gasteiger partial charge in [-0.3, -0.25) is 14.5 Å². The van der Waals surface area contributed by atoms with Crippen molar-refractivity contribution in [3.8, 4) is 0 Å². The third kappa shape index (κ3) is 11.3. The Morgan fingerprint density at radius 1 is 1.03 bits per heavy atom. The van der Waals surface area contributed by atoms with Crippen molar-refractivity contribution >= 4 is 24.3 Å². The van der Waals surface area contributed by atoms with Gasteiger partial charge in [-0.15, -0.1) is 12.4 Å². The number of nitrogens with one attached hydrogen (secondary N) is 1. The molecule has 1 amide bonds. The van der Waals surface area contributed by atoms with Crippen LogP contribution >= 0.6 is 12.4 Å². The van der Waals surface area contributed by atoms with Crippen LogP contribution in [0.25, 0.3) is 0 Å². The fourth-order valence-corrected chi connectivity index (χ4v) is 4.00. The molecular formula is C25H41ClN2O4. The monoisotopic (exact) mass is 468 g/mol. The highest BCUT2D eigenvalue weighted by Gasteiger charge is 2.30. The van der Waals surface area contributed by atoms with Crippen LogP contribution in [-0.2, 0) is 19.1 Å². The van der Waals surface area contributed by atoms with Gasteiger partial charge in [0.15, 0.2) is 0 Å².